The maximum Gasteiger partial charge on any atom is 0.0598 e. The molecule has 0 bridgehead atoms. The molecule has 0 spiro atoms. The van der Waals surface area contributed by atoms with Crippen molar-refractivity contribution in [2.75, 3.05) is 19.8 Å². The molecule has 0 aliphatic carbocycles. The van der Waals surface area contributed by atoms with Crippen LogP contribution in [0.1, 0.15) is 67.2 Å². The molecule has 0 amide bonds. The third-order valence-electron chi connectivity index (χ3n) is 2.43. The van der Waals surface area contributed by atoms with Gasteiger partial charge in [-0.15, -0.1) is 0 Å². The normalized spacial score (nSPS) is 13.1. The first-order valence-corrected chi connectivity index (χ1v) is 6.92. The van der Waals surface area contributed by atoms with Crippen LogP contribution in [0.5, 0.6) is 0 Å². The van der Waals surface area contributed by atoms with Crippen LogP contribution >= 0.6 is 0 Å². The standard InChI is InChI=1S/C15H32O2/c1-14(2,3)10-9-12-16-11-7-8-13-17-15(4,5)6/h7-13H2,1-6H3. The summed E-state index contributed by atoms with van der Waals surface area (Å²) in [6.07, 6.45) is 4.60. The highest BCUT2D eigenvalue weighted by Gasteiger charge is 2.09. The van der Waals surface area contributed by atoms with Crippen molar-refractivity contribution in [3.63, 3.8) is 0 Å². The van der Waals surface area contributed by atoms with E-state index in [1.54, 1.807) is 0 Å². The second-order valence-corrected chi connectivity index (χ2v) is 6.94. The number of hydrogen-bond acceptors (Lipinski definition) is 2. The van der Waals surface area contributed by atoms with E-state index in [0.717, 1.165) is 32.7 Å². The summed E-state index contributed by atoms with van der Waals surface area (Å²) in [4.78, 5) is 0. The van der Waals surface area contributed by atoms with Crippen LogP contribution in [0.3, 0.4) is 0 Å². The van der Waals surface area contributed by atoms with Gasteiger partial charge in [-0.2, -0.15) is 0 Å². The lowest BCUT2D eigenvalue weighted by atomic mass is 9.91. The molecule has 0 fully saturated rings. The van der Waals surface area contributed by atoms with Crippen molar-refractivity contribution in [2.45, 2.75) is 72.8 Å². The van der Waals surface area contributed by atoms with Gasteiger partial charge < -0.3 is 9.47 Å². The molecule has 17 heavy (non-hydrogen) atoms. The Morgan fingerprint density at radius 3 is 1.76 bits per heavy atom. The van der Waals surface area contributed by atoms with E-state index < -0.39 is 0 Å². The van der Waals surface area contributed by atoms with Crippen molar-refractivity contribution in [3.8, 4) is 0 Å². The summed E-state index contributed by atoms with van der Waals surface area (Å²) in [6, 6.07) is 0. The van der Waals surface area contributed by atoms with E-state index in [9.17, 15) is 0 Å². The highest BCUT2D eigenvalue weighted by molar-refractivity contribution is 4.60. The highest BCUT2D eigenvalue weighted by Crippen LogP contribution is 2.20. The molecule has 104 valence electrons. The molecular weight excluding hydrogens is 212 g/mol. The summed E-state index contributed by atoms with van der Waals surface area (Å²) < 4.78 is 11.3. The molecule has 0 saturated carbocycles. The number of unbranched alkanes of at least 4 members (excludes halogenated alkanes) is 1. The molecule has 0 aliphatic rings. The Morgan fingerprint density at radius 1 is 0.706 bits per heavy atom. The van der Waals surface area contributed by atoms with Gasteiger partial charge in [0.25, 0.3) is 0 Å². The molecule has 0 aliphatic heterocycles. The summed E-state index contributed by atoms with van der Waals surface area (Å²) >= 11 is 0. The van der Waals surface area contributed by atoms with E-state index in [-0.39, 0.29) is 5.60 Å². The minimum atomic E-state index is -0.00638. The quantitative estimate of drug-likeness (QED) is 0.588. The van der Waals surface area contributed by atoms with Gasteiger partial charge in [0, 0.05) is 19.8 Å². The van der Waals surface area contributed by atoms with Gasteiger partial charge in [0.1, 0.15) is 0 Å². The molecular formula is C15H32O2. The molecule has 0 aromatic rings. The fourth-order valence-corrected chi connectivity index (χ4v) is 1.49. The molecule has 0 rings (SSSR count). The van der Waals surface area contributed by atoms with E-state index >= 15 is 0 Å². The van der Waals surface area contributed by atoms with Crippen LogP contribution < -0.4 is 0 Å². The monoisotopic (exact) mass is 244 g/mol. The van der Waals surface area contributed by atoms with Crippen molar-refractivity contribution >= 4 is 0 Å². The Balaban J connectivity index is 3.15. The third kappa shape index (κ3) is 15.9. The van der Waals surface area contributed by atoms with E-state index in [1.165, 1.54) is 12.8 Å². The summed E-state index contributed by atoms with van der Waals surface area (Å²) in [5.74, 6) is 0. The van der Waals surface area contributed by atoms with Crippen LogP contribution in [-0.2, 0) is 9.47 Å². The Bertz CT molecular complexity index is 154. The van der Waals surface area contributed by atoms with E-state index in [0.29, 0.717) is 5.41 Å². The molecule has 0 unspecified atom stereocenters. The zero-order valence-corrected chi connectivity index (χ0v) is 12.8. The van der Waals surface area contributed by atoms with Crippen molar-refractivity contribution in [1.82, 2.24) is 0 Å². The molecule has 2 heteroatoms. The summed E-state index contributed by atoms with van der Waals surface area (Å²) in [6.45, 7) is 15.7. The van der Waals surface area contributed by atoms with Crippen LogP contribution in [-0.4, -0.2) is 25.4 Å². The first-order valence-electron chi connectivity index (χ1n) is 6.92. The Labute approximate surface area is 108 Å². The first kappa shape index (κ1) is 16.9. The smallest absolute Gasteiger partial charge is 0.0598 e. The van der Waals surface area contributed by atoms with E-state index in [2.05, 4.69) is 41.5 Å². The lowest BCUT2D eigenvalue weighted by molar-refractivity contribution is -0.00738. The molecule has 2 nitrogen and oxygen atoms in total. The van der Waals surface area contributed by atoms with Crippen LogP contribution in [0.2, 0.25) is 0 Å². The minimum absolute atomic E-state index is 0.00638. The Kier molecular flexibility index (Phi) is 8.06. The molecule has 0 aromatic carbocycles. The zero-order chi connectivity index (χ0) is 13.4. The van der Waals surface area contributed by atoms with E-state index in [1.807, 2.05) is 0 Å². The fraction of sp³-hybridized carbons (Fsp3) is 1.00. The average molecular weight is 244 g/mol. The molecule has 0 heterocycles. The molecule has 0 aromatic heterocycles. The maximum atomic E-state index is 5.65. The third-order valence-corrected chi connectivity index (χ3v) is 2.43. The Morgan fingerprint density at radius 2 is 1.24 bits per heavy atom. The van der Waals surface area contributed by atoms with Gasteiger partial charge in [0.2, 0.25) is 0 Å². The predicted molar refractivity (Wildman–Crippen MR) is 74.4 cm³/mol. The van der Waals surface area contributed by atoms with Crippen molar-refractivity contribution in [2.24, 2.45) is 5.41 Å². The van der Waals surface area contributed by atoms with Gasteiger partial charge in [-0.3, -0.25) is 0 Å². The fourth-order valence-electron chi connectivity index (χ4n) is 1.49. The zero-order valence-electron chi connectivity index (χ0n) is 12.8. The second kappa shape index (κ2) is 8.10. The van der Waals surface area contributed by atoms with Gasteiger partial charge >= 0.3 is 0 Å². The Hall–Kier alpha value is -0.0800. The van der Waals surface area contributed by atoms with E-state index in [4.69, 9.17) is 9.47 Å². The van der Waals surface area contributed by atoms with Gasteiger partial charge in [0.05, 0.1) is 5.60 Å². The van der Waals surface area contributed by atoms with Gasteiger partial charge in [-0.05, 0) is 51.9 Å². The summed E-state index contributed by atoms with van der Waals surface area (Å²) in [5, 5.41) is 0. The lowest BCUT2D eigenvalue weighted by Gasteiger charge is -2.19. The topological polar surface area (TPSA) is 18.5 Å². The number of ether oxygens (including phenoxy) is 2. The van der Waals surface area contributed by atoms with Gasteiger partial charge in [0.15, 0.2) is 0 Å². The summed E-state index contributed by atoms with van der Waals surface area (Å²) in [7, 11) is 0. The lowest BCUT2D eigenvalue weighted by Crippen LogP contribution is -2.19. The van der Waals surface area contributed by atoms with Crippen LogP contribution in [0.15, 0.2) is 0 Å². The average Bonchev–Trinajstić information content (AvgIpc) is 2.11. The SMILES string of the molecule is CC(C)(C)CCCOCCCCOC(C)(C)C. The number of rotatable bonds is 8. The molecule has 0 atom stereocenters. The highest BCUT2D eigenvalue weighted by atomic mass is 16.5. The van der Waals surface area contributed by atoms with Crippen molar-refractivity contribution < 1.29 is 9.47 Å². The largest absolute Gasteiger partial charge is 0.381 e. The minimum Gasteiger partial charge on any atom is -0.381 e. The molecule has 0 radical (unpaired) electrons. The van der Waals surface area contributed by atoms with Gasteiger partial charge in [-0.25, -0.2) is 0 Å². The predicted octanol–water partition coefficient (Wildman–Crippen LogP) is 4.42. The summed E-state index contributed by atoms with van der Waals surface area (Å²) in [5.41, 5.74) is 0.428. The van der Waals surface area contributed by atoms with Crippen molar-refractivity contribution in [3.05, 3.63) is 0 Å². The van der Waals surface area contributed by atoms with Gasteiger partial charge in [-0.1, -0.05) is 20.8 Å². The van der Waals surface area contributed by atoms with Crippen LogP contribution in [0, 0.1) is 5.41 Å². The van der Waals surface area contributed by atoms with Crippen LogP contribution in [0.25, 0.3) is 0 Å². The first-order chi connectivity index (χ1) is 7.71. The number of hydrogen-bond donors (Lipinski definition) is 0. The molecule has 0 N–H and O–H groups in total. The molecule has 0 saturated heterocycles. The maximum absolute atomic E-state index is 5.65. The second-order valence-electron chi connectivity index (χ2n) is 6.94. The van der Waals surface area contributed by atoms with Crippen molar-refractivity contribution in [1.29, 1.82) is 0 Å². The van der Waals surface area contributed by atoms with Crippen LogP contribution in [0.4, 0.5) is 0 Å².